The van der Waals surface area contributed by atoms with Crippen LogP contribution in [0.1, 0.15) is 22.8 Å². The minimum absolute atomic E-state index is 0.109. The van der Waals surface area contributed by atoms with Crippen molar-refractivity contribution in [2.24, 2.45) is 0 Å². The Morgan fingerprint density at radius 2 is 1.71 bits per heavy atom. The number of carbonyl (C=O) groups excluding carboxylic acids is 1. The molecule has 1 heterocycles. The summed E-state index contributed by atoms with van der Waals surface area (Å²) in [4.78, 5) is 12.6. The van der Waals surface area contributed by atoms with Gasteiger partial charge in [0.15, 0.2) is 11.5 Å². The van der Waals surface area contributed by atoms with Crippen molar-refractivity contribution in [3.05, 3.63) is 83.9 Å². The van der Waals surface area contributed by atoms with E-state index in [1.165, 1.54) is 4.31 Å². The largest absolute Gasteiger partial charge is 0.492 e. The first-order chi connectivity index (χ1) is 16.8. The highest BCUT2D eigenvalue weighted by molar-refractivity contribution is 7.92. The van der Waals surface area contributed by atoms with Crippen LogP contribution in [0.2, 0.25) is 0 Å². The van der Waals surface area contributed by atoms with E-state index in [1.807, 2.05) is 31.2 Å². The summed E-state index contributed by atoms with van der Waals surface area (Å²) in [6.45, 7) is 3.02. The zero-order valence-electron chi connectivity index (χ0n) is 19.6. The van der Waals surface area contributed by atoms with Gasteiger partial charge in [-0.05, 0) is 48.9 Å². The van der Waals surface area contributed by atoms with Crippen LogP contribution in [-0.2, 0) is 16.6 Å². The van der Waals surface area contributed by atoms with Crippen molar-refractivity contribution in [3.63, 3.8) is 0 Å². The number of anilines is 1. The summed E-state index contributed by atoms with van der Waals surface area (Å²) in [5.41, 5.74) is 1.67. The number of carbonyl (C=O) groups is 1. The van der Waals surface area contributed by atoms with E-state index in [9.17, 15) is 13.2 Å². The minimum atomic E-state index is -3.58. The zero-order valence-corrected chi connectivity index (χ0v) is 20.5. The SMILES string of the molecule is CCOc1ccccc1N(Cc1ccc(C(=O)NCC2COc3ccccc3O2)cc1)S(C)(=O)=O. The van der Waals surface area contributed by atoms with E-state index in [0.29, 0.717) is 48.3 Å². The highest BCUT2D eigenvalue weighted by atomic mass is 32.2. The smallest absolute Gasteiger partial charge is 0.251 e. The van der Waals surface area contributed by atoms with Gasteiger partial charge in [-0.2, -0.15) is 0 Å². The molecule has 35 heavy (non-hydrogen) atoms. The van der Waals surface area contributed by atoms with E-state index in [0.717, 1.165) is 11.8 Å². The van der Waals surface area contributed by atoms with Crippen molar-refractivity contribution in [2.75, 3.05) is 30.3 Å². The number of nitrogens with one attached hydrogen (secondary N) is 1. The quantitative estimate of drug-likeness (QED) is 0.486. The summed E-state index contributed by atoms with van der Waals surface area (Å²) < 4.78 is 43.6. The molecule has 3 aromatic rings. The molecule has 3 aromatic carbocycles. The van der Waals surface area contributed by atoms with E-state index < -0.39 is 10.0 Å². The lowest BCUT2D eigenvalue weighted by molar-refractivity contribution is 0.0789. The third-order valence-electron chi connectivity index (χ3n) is 5.43. The Balaban J connectivity index is 1.40. The van der Waals surface area contributed by atoms with Crippen LogP contribution in [0.3, 0.4) is 0 Å². The van der Waals surface area contributed by atoms with Gasteiger partial charge in [0.05, 0.1) is 31.6 Å². The Kier molecular flexibility index (Phi) is 7.45. The van der Waals surface area contributed by atoms with Crippen LogP contribution in [0.4, 0.5) is 5.69 Å². The molecule has 1 aliphatic heterocycles. The van der Waals surface area contributed by atoms with Crippen molar-refractivity contribution in [1.82, 2.24) is 5.32 Å². The van der Waals surface area contributed by atoms with Gasteiger partial charge in [0.2, 0.25) is 10.0 Å². The zero-order chi connectivity index (χ0) is 24.8. The number of ether oxygens (including phenoxy) is 3. The predicted octanol–water partition coefficient (Wildman–Crippen LogP) is 3.62. The van der Waals surface area contributed by atoms with Crippen LogP contribution in [0.25, 0.3) is 0 Å². The van der Waals surface area contributed by atoms with E-state index >= 15 is 0 Å². The molecule has 1 unspecified atom stereocenters. The third kappa shape index (κ3) is 6.05. The molecule has 9 heteroatoms. The van der Waals surface area contributed by atoms with Crippen molar-refractivity contribution < 1.29 is 27.4 Å². The number of benzene rings is 3. The molecular weight excluding hydrogens is 468 g/mol. The van der Waals surface area contributed by atoms with Gasteiger partial charge in [-0.1, -0.05) is 36.4 Å². The Bertz CT molecular complexity index is 1280. The van der Waals surface area contributed by atoms with Gasteiger partial charge in [-0.15, -0.1) is 0 Å². The van der Waals surface area contributed by atoms with Crippen molar-refractivity contribution >= 4 is 21.6 Å². The van der Waals surface area contributed by atoms with Gasteiger partial charge in [-0.25, -0.2) is 8.42 Å². The minimum Gasteiger partial charge on any atom is -0.492 e. The maximum atomic E-state index is 12.6. The molecule has 0 aromatic heterocycles. The molecule has 0 bridgehead atoms. The number of hydrogen-bond acceptors (Lipinski definition) is 6. The van der Waals surface area contributed by atoms with Crippen LogP contribution >= 0.6 is 0 Å². The van der Waals surface area contributed by atoms with Gasteiger partial charge in [0.25, 0.3) is 5.91 Å². The lowest BCUT2D eigenvalue weighted by Crippen LogP contribution is -2.40. The molecule has 184 valence electrons. The Labute approximate surface area is 205 Å². The monoisotopic (exact) mass is 496 g/mol. The van der Waals surface area contributed by atoms with Crippen molar-refractivity contribution in [3.8, 4) is 17.2 Å². The second-order valence-electron chi connectivity index (χ2n) is 8.07. The number of sulfonamides is 1. The molecule has 0 saturated heterocycles. The van der Waals surface area contributed by atoms with Gasteiger partial charge < -0.3 is 19.5 Å². The number of amides is 1. The lowest BCUT2D eigenvalue weighted by Gasteiger charge is -2.26. The summed E-state index contributed by atoms with van der Waals surface area (Å²) in [6, 6.07) is 21.3. The molecule has 1 amide bonds. The molecule has 0 radical (unpaired) electrons. The standard InChI is InChI=1S/C26H28N2O6S/c1-3-32-23-9-5-4-8-22(23)28(35(2,30)31)17-19-12-14-20(15-13-19)26(29)27-16-21-18-33-24-10-6-7-11-25(24)34-21/h4-15,21H,3,16-18H2,1-2H3,(H,27,29). The van der Waals surface area contributed by atoms with Gasteiger partial charge in [0, 0.05) is 5.56 Å². The second-order valence-corrected chi connectivity index (χ2v) is 9.98. The Hall–Kier alpha value is -3.72. The fourth-order valence-electron chi connectivity index (χ4n) is 3.72. The first kappa shape index (κ1) is 24.4. The summed E-state index contributed by atoms with van der Waals surface area (Å²) in [6.07, 6.45) is 0.870. The fraction of sp³-hybridized carbons (Fsp3) is 0.269. The van der Waals surface area contributed by atoms with E-state index in [1.54, 1.807) is 48.5 Å². The molecule has 1 N–H and O–H groups in total. The number of fused-ring (bicyclic) bond motifs is 1. The van der Waals surface area contributed by atoms with Gasteiger partial charge in [-0.3, -0.25) is 9.10 Å². The van der Waals surface area contributed by atoms with Gasteiger partial charge in [0.1, 0.15) is 18.5 Å². The average Bonchev–Trinajstić information content (AvgIpc) is 2.86. The topological polar surface area (TPSA) is 94.2 Å². The maximum absolute atomic E-state index is 12.6. The van der Waals surface area contributed by atoms with Crippen LogP contribution in [-0.4, -0.2) is 46.4 Å². The molecule has 8 nitrogen and oxygen atoms in total. The van der Waals surface area contributed by atoms with Crippen molar-refractivity contribution in [1.29, 1.82) is 0 Å². The fourth-order valence-corrected chi connectivity index (χ4v) is 4.61. The maximum Gasteiger partial charge on any atom is 0.251 e. The summed E-state index contributed by atoms with van der Waals surface area (Å²) in [7, 11) is -3.58. The number of nitrogens with zero attached hydrogens (tertiary/aromatic N) is 1. The Morgan fingerprint density at radius 1 is 1.03 bits per heavy atom. The van der Waals surface area contributed by atoms with E-state index in [-0.39, 0.29) is 18.6 Å². The molecule has 0 fully saturated rings. The van der Waals surface area contributed by atoms with Gasteiger partial charge >= 0.3 is 0 Å². The number of para-hydroxylation sites is 4. The number of rotatable bonds is 9. The highest BCUT2D eigenvalue weighted by Gasteiger charge is 2.23. The highest BCUT2D eigenvalue weighted by Crippen LogP contribution is 2.32. The average molecular weight is 497 g/mol. The molecule has 1 atom stereocenters. The molecule has 4 rings (SSSR count). The third-order valence-corrected chi connectivity index (χ3v) is 6.56. The predicted molar refractivity (Wildman–Crippen MR) is 134 cm³/mol. The summed E-state index contributed by atoms with van der Waals surface area (Å²) in [5.74, 6) is 1.59. The first-order valence-electron chi connectivity index (χ1n) is 11.3. The molecule has 0 aliphatic carbocycles. The van der Waals surface area contributed by atoms with Crippen molar-refractivity contribution in [2.45, 2.75) is 19.6 Å². The molecule has 1 aliphatic rings. The normalized spacial score (nSPS) is 14.7. The molecular formula is C26H28N2O6S. The van der Waals surface area contributed by atoms with Crippen LogP contribution in [0.15, 0.2) is 72.8 Å². The Morgan fingerprint density at radius 3 is 2.43 bits per heavy atom. The molecule has 0 spiro atoms. The number of hydrogen-bond donors (Lipinski definition) is 1. The first-order valence-corrected chi connectivity index (χ1v) is 13.1. The second kappa shape index (κ2) is 10.7. The molecule has 0 saturated carbocycles. The van der Waals surface area contributed by atoms with Crippen LogP contribution in [0, 0.1) is 0 Å². The van der Waals surface area contributed by atoms with Crippen LogP contribution < -0.4 is 23.8 Å². The summed E-state index contributed by atoms with van der Waals surface area (Å²) in [5, 5.41) is 2.86. The summed E-state index contributed by atoms with van der Waals surface area (Å²) >= 11 is 0. The van der Waals surface area contributed by atoms with Crippen LogP contribution in [0.5, 0.6) is 17.2 Å². The lowest BCUT2D eigenvalue weighted by atomic mass is 10.1. The van der Waals surface area contributed by atoms with E-state index in [4.69, 9.17) is 14.2 Å². The van der Waals surface area contributed by atoms with E-state index in [2.05, 4.69) is 5.32 Å².